The largest absolute Gasteiger partial charge is 0.493 e. The third-order valence-corrected chi connectivity index (χ3v) is 5.68. The second-order valence-electron chi connectivity index (χ2n) is 6.21. The van der Waals surface area contributed by atoms with Crippen LogP contribution in [-0.2, 0) is 21.4 Å². The molecule has 1 aliphatic heterocycles. The first-order valence-electron chi connectivity index (χ1n) is 8.31. The molecule has 0 saturated carbocycles. The number of methoxy groups -OCH3 is 3. The van der Waals surface area contributed by atoms with E-state index in [4.69, 9.17) is 14.2 Å². The van der Waals surface area contributed by atoms with Gasteiger partial charge in [0, 0.05) is 19.6 Å². The van der Waals surface area contributed by atoms with Crippen molar-refractivity contribution in [1.29, 1.82) is 0 Å². The van der Waals surface area contributed by atoms with Crippen LogP contribution in [-0.4, -0.2) is 59.3 Å². The average Bonchev–Trinajstić information content (AvgIpc) is 2.64. The van der Waals surface area contributed by atoms with Crippen LogP contribution in [0.3, 0.4) is 0 Å². The highest BCUT2D eigenvalue weighted by atomic mass is 32.2. The number of piperidine rings is 1. The van der Waals surface area contributed by atoms with Gasteiger partial charge in [-0.05, 0) is 30.5 Å². The average molecular weight is 386 g/mol. The zero-order valence-corrected chi connectivity index (χ0v) is 16.4. The third-order valence-electron chi connectivity index (χ3n) is 4.42. The SMILES string of the molecule is COc1cc(CNC(=O)[C@@H]2CCCN(S(C)(=O)=O)C2)cc(OC)c1OC. The molecule has 1 saturated heterocycles. The van der Waals surface area contributed by atoms with Crippen molar-refractivity contribution in [2.75, 3.05) is 40.7 Å². The summed E-state index contributed by atoms with van der Waals surface area (Å²) in [6.07, 6.45) is 2.52. The Hall–Kier alpha value is -2.00. The Balaban J connectivity index is 2.05. The van der Waals surface area contributed by atoms with Crippen molar-refractivity contribution in [3.63, 3.8) is 0 Å². The molecule has 1 fully saturated rings. The fourth-order valence-electron chi connectivity index (χ4n) is 3.03. The molecule has 1 atom stereocenters. The monoisotopic (exact) mass is 386 g/mol. The summed E-state index contributed by atoms with van der Waals surface area (Å²) in [5.41, 5.74) is 0.795. The van der Waals surface area contributed by atoms with Gasteiger partial charge in [-0.1, -0.05) is 0 Å². The number of rotatable bonds is 7. The predicted molar refractivity (Wildman–Crippen MR) is 97.1 cm³/mol. The summed E-state index contributed by atoms with van der Waals surface area (Å²) in [5.74, 6) is 1.00. The highest BCUT2D eigenvalue weighted by molar-refractivity contribution is 7.88. The molecule has 146 valence electrons. The quantitative estimate of drug-likeness (QED) is 0.751. The van der Waals surface area contributed by atoms with Crippen molar-refractivity contribution in [2.24, 2.45) is 5.92 Å². The van der Waals surface area contributed by atoms with E-state index in [1.807, 2.05) is 0 Å². The van der Waals surface area contributed by atoms with Gasteiger partial charge in [-0.3, -0.25) is 4.79 Å². The lowest BCUT2D eigenvalue weighted by atomic mass is 9.98. The zero-order chi connectivity index (χ0) is 19.3. The number of carbonyl (C=O) groups excluding carboxylic acids is 1. The third kappa shape index (κ3) is 4.79. The molecule has 0 radical (unpaired) electrons. The fraction of sp³-hybridized carbons (Fsp3) is 0.588. The van der Waals surface area contributed by atoms with Gasteiger partial charge in [-0.15, -0.1) is 0 Å². The van der Waals surface area contributed by atoms with E-state index >= 15 is 0 Å². The van der Waals surface area contributed by atoms with E-state index in [2.05, 4.69) is 5.32 Å². The van der Waals surface area contributed by atoms with Crippen LogP contribution in [0.5, 0.6) is 17.2 Å². The second-order valence-corrected chi connectivity index (χ2v) is 8.19. The minimum absolute atomic E-state index is 0.160. The van der Waals surface area contributed by atoms with Crippen LogP contribution < -0.4 is 19.5 Å². The minimum Gasteiger partial charge on any atom is -0.493 e. The van der Waals surface area contributed by atoms with Crippen molar-refractivity contribution in [3.8, 4) is 17.2 Å². The first-order chi connectivity index (χ1) is 12.3. The minimum atomic E-state index is -3.28. The lowest BCUT2D eigenvalue weighted by Crippen LogP contribution is -2.44. The van der Waals surface area contributed by atoms with Gasteiger partial charge in [0.05, 0.1) is 33.5 Å². The number of benzene rings is 1. The van der Waals surface area contributed by atoms with E-state index in [0.717, 1.165) is 5.56 Å². The maximum Gasteiger partial charge on any atom is 0.224 e. The molecule has 1 heterocycles. The van der Waals surface area contributed by atoms with E-state index in [1.54, 1.807) is 12.1 Å². The van der Waals surface area contributed by atoms with Crippen molar-refractivity contribution < 1.29 is 27.4 Å². The Morgan fingerprint density at radius 1 is 1.19 bits per heavy atom. The normalized spacial score (nSPS) is 18.2. The van der Waals surface area contributed by atoms with Gasteiger partial charge >= 0.3 is 0 Å². The molecule has 0 unspecified atom stereocenters. The second kappa shape index (κ2) is 8.59. The lowest BCUT2D eigenvalue weighted by molar-refractivity contribution is -0.126. The molecule has 9 heteroatoms. The van der Waals surface area contributed by atoms with E-state index in [-0.39, 0.29) is 24.9 Å². The number of nitrogens with zero attached hydrogens (tertiary/aromatic N) is 1. The summed E-state index contributed by atoms with van der Waals surface area (Å²) in [5, 5.41) is 2.87. The molecule has 26 heavy (non-hydrogen) atoms. The van der Waals surface area contributed by atoms with Crippen molar-refractivity contribution in [1.82, 2.24) is 9.62 Å². The maximum atomic E-state index is 12.5. The Morgan fingerprint density at radius 2 is 1.81 bits per heavy atom. The molecule has 0 bridgehead atoms. The molecule has 1 aromatic carbocycles. The smallest absolute Gasteiger partial charge is 0.224 e. The molecule has 0 aliphatic carbocycles. The van der Waals surface area contributed by atoms with Gasteiger partial charge in [0.2, 0.25) is 21.7 Å². The number of hydrogen-bond donors (Lipinski definition) is 1. The molecule has 1 aromatic rings. The molecule has 2 rings (SSSR count). The highest BCUT2D eigenvalue weighted by Gasteiger charge is 2.30. The van der Waals surface area contributed by atoms with Crippen LogP contribution in [0.2, 0.25) is 0 Å². The number of hydrogen-bond acceptors (Lipinski definition) is 6. The van der Waals surface area contributed by atoms with Crippen LogP contribution >= 0.6 is 0 Å². The van der Waals surface area contributed by atoms with Crippen molar-refractivity contribution >= 4 is 15.9 Å². The van der Waals surface area contributed by atoms with Crippen LogP contribution in [0.4, 0.5) is 0 Å². The molecule has 1 aliphatic rings. The molecule has 8 nitrogen and oxygen atoms in total. The Bertz CT molecular complexity index is 725. The fourth-order valence-corrected chi connectivity index (χ4v) is 3.94. The highest BCUT2D eigenvalue weighted by Crippen LogP contribution is 2.38. The van der Waals surface area contributed by atoms with Gasteiger partial charge < -0.3 is 19.5 Å². The van der Waals surface area contributed by atoms with Gasteiger partial charge in [0.1, 0.15) is 0 Å². The zero-order valence-electron chi connectivity index (χ0n) is 15.6. The Labute approximate surface area is 154 Å². The summed E-state index contributed by atoms with van der Waals surface area (Å²) < 4.78 is 40.6. The van der Waals surface area contributed by atoms with Gasteiger partial charge in [-0.2, -0.15) is 0 Å². The Kier molecular flexibility index (Phi) is 6.71. The van der Waals surface area contributed by atoms with E-state index in [0.29, 0.717) is 36.6 Å². The number of carbonyl (C=O) groups is 1. The topological polar surface area (TPSA) is 94.2 Å². The lowest BCUT2D eigenvalue weighted by Gasteiger charge is -2.30. The van der Waals surface area contributed by atoms with Gasteiger partial charge in [0.15, 0.2) is 11.5 Å². The maximum absolute atomic E-state index is 12.5. The molecule has 0 aromatic heterocycles. The molecular formula is C17H26N2O6S. The van der Waals surface area contributed by atoms with E-state index in [1.165, 1.54) is 31.9 Å². The summed E-state index contributed by atoms with van der Waals surface area (Å²) in [7, 11) is 1.31. The van der Waals surface area contributed by atoms with E-state index in [9.17, 15) is 13.2 Å². The van der Waals surface area contributed by atoms with Crippen molar-refractivity contribution in [2.45, 2.75) is 19.4 Å². The number of amides is 1. The van der Waals surface area contributed by atoms with Crippen LogP contribution in [0.1, 0.15) is 18.4 Å². The summed E-state index contributed by atoms with van der Waals surface area (Å²) in [4.78, 5) is 12.5. The number of ether oxygens (including phenoxy) is 3. The van der Waals surface area contributed by atoms with Crippen LogP contribution in [0, 0.1) is 5.92 Å². The van der Waals surface area contributed by atoms with Gasteiger partial charge in [0.25, 0.3) is 0 Å². The van der Waals surface area contributed by atoms with Crippen LogP contribution in [0.15, 0.2) is 12.1 Å². The predicted octanol–water partition coefficient (Wildman–Crippen LogP) is 1.00. The first kappa shape index (κ1) is 20.3. The molecule has 1 amide bonds. The molecule has 1 N–H and O–H groups in total. The van der Waals surface area contributed by atoms with Crippen molar-refractivity contribution in [3.05, 3.63) is 17.7 Å². The number of sulfonamides is 1. The Morgan fingerprint density at radius 3 is 2.31 bits per heavy atom. The summed E-state index contributed by atoms with van der Waals surface area (Å²) in [6.45, 7) is 0.973. The van der Waals surface area contributed by atoms with E-state index < -0.39 is 10.0 Å². The van der Waals surface area contributed by atoms with Crippen LogP contribution in [0.25, 0.3) is 0 Å². The molecular weight excluding hydrogens is 360 g/mol. The van der Waals surface area contributed by atoms with Gasteiger partial charge in [-0.25, -0.2) is 12.7 Å². The first-order valence-corrected chi connectivity index (χ1v) is 10.2. The number of nitrogens with one attached hydrogen (secondary N) is 1. The summed E-state index contributed by atoms with van der Waals surface area (Å²) >= 11 is 0. The summed E-state index contributed by atoms with van der Waals surface area (Å²) in [6, 6.07) is 3.54. The molecule has 0 spiro atoms. The standard InChI is InChI=1S/C17H26N2O6S/c1-23-14-8-12(9-15(24-2)16(14)25-3)10-18-17(20)13-6-5-7-19(11-13)26(4,21)22/h8-9,13H,5-7,10-11H2,1-4H3,(H,18,20)/t13-/m1/s1.